The van der Waals surface area contributed by atoms with Crippen LogP contribution in [0, 0.1) is 28.6 Å². The first-order valence-corrected chi connectivity index (χ1v) is 13.2. The summed E-state index contributed by atoms with van der Waals surface area (Å²) in [5.74, 6) is -3.70. The van der Waals surface area contributed by atoms with E-state index in [1.54, 1.807) is 26.8 Å². The van der Waals surface area contributed by atoms with Gasteiger partial charge in [0.25, 0.3) is 0 Å². The molecule has 0 radical (unpaired) electrons. The molecule has 2 unspecified atom stereocenters. The molecule has 10 heteroatoms. The molecule has 1 aromatic rings. The van der Waals surface area contributed by atoms with Crippen LogP contribution in [0.4, 0.5) is 4.39 Å². The highest BCUT2D eigenvalue weighted by Crippen LogP contribution is 2.72. The summed E-state index contributed by atoms with van der Waals surface area (Å²) in [4.78, 5) is 37.6. The lowest BCUT2D eigenvalue weighted by Gasteiger charge is -2.64. The van der Waals surface area contributed by atoms with Crippen molar-refractivity contribution in [3.63, 3.8) is 0 Å². The number of methoxy groups -OCH3 is 1. The minimum absolute atomic E-state index is 0.0357. The fourth-order valence-corrected chi connectivity index (χ4v) is 8.63. The summed E-state index contributed by atoms with van der Waals surface area (Å²) in [6, 6.07) is 2.77. The molecular formula is C28H32ClFO8. The summed E-state index contributed by atoms with van der Waals surface area (Å²) in [5, 5.41) is 21.1. The Hall–Kier alpha value is -2.49. The minimum Gasteiger partial charge on any atom is -0.466 e. The highest BCUT2D eigenvalue weighted by molar-refractivity contribution is 6.26. The molecule has 0 amide bonds. The predicted octanol–water partition coefficient (Wildman–Crippen LogP) is 3.67. The molecule has 1 heterocycles. The van der Waals surface area contributed by atoms with Crippen LogP contribution >= 0.6 is 11.6 Å². The van der Waals surface area contributed by atoms with Gasteiger partial charge in [-0.15, -0.1) is 11.6 Å². The maximum atomic E-state index is 15.8. The van der Waals surface area contributed by atoms with E-state index in [0.29, 0.717) is 6.42 Å². The van der Waals surface area contributed by atoms with Crippen molar-refractivity contribution in [3.05, 3.63) is 47.5 Å². The van der Waals surface area contributed by atoms with Gasteiger partial charge in [0.2, 0.25) is 11.4 Å². The van der Waals surface area contributed by atoms with E-state index in [-0.39, 0.29) is 35.7 Å². The van der Waals surface area contributed by atoms with Crippen LogP contribution in [0.1, 0.15) is 56.3 Å². The van der Waals surface area contributed by atoms with E-state index in [1.165, 1.54) is 31.4 Å². The molecule has 4 aliphatic carbocycles. The summed E-state index contributed by atoms with van der Waals surface area (Å²) < 4.78 is 32.3. The van der Waals surface area contributed by atoms with Gasteiger partial charge in [0, 0.05) is 16.7 Å². The molecule has 3 fully saturated rings. The number of allylic oxidation sites excluding steroid dienone is 4. The smallest absolute Gasteiger partial charge is 0.375 e. The fourth-order valence-electron chi connectivity index (χ4n) is 8.14. The third-order valence-electron chi connectivity index (χ3n) is 9.93. The molecule has 0 aromatic carbocycles. The van der Waals surface area contributed by atoms with Gasteiger partial charge in [-0.25, -0.2) is 14.0 Å². The second kappa shape index (κ2) is 8.76. The second-order valence-electron chi connectivity index (χ2n) is 11.5. The topological polar surface area (TPSA) is 123 Å². The number of aliphatic hydroxyl groups is 2. The van der Waals surface area contributed by atoms with E-state index in [9.17, 15) is 24.6 Å². The molecule has 0 spiro atoms. The number of ketones is 1. The van der Waals surface area contributed by atoms with Gasteiger partial charge in [-0.1, -0.05) is 26.8 Å². The van der Waals surface area contributed by atoms with Gasteiger partial charge in [0.05, 0.1) is 18.1 Å². The maximum absolute atomic E-state index is 15.8. The largest absolute Gasteiger partial charge is 0.466 e. The summed E-state index contributed by atoms with van der Waals surface area (Å²) in [6.07, 6.45) is 1.75. The highest BCUT2D eigenvalue weighted by atomic mass is 35.5. The van der Waals surface area contributed by atoms with E-state index >= 15 is 4.39 Å². The molecule has 1 aromatic heterocycles. The van der Waals surface area contributed by atoms with Crippen LogP contribution in [0.3, 0.4) is 0 Å². The summed E-state index contributed by atoms with van der Waals surface area (Å²) in [7, 11) is 1.20. The van der Waals surface area contributed by atoms with Gasteiger partial charge in [-0.3, -0.25) is 4.79 Å². The monoisotopic (exact) mass is 550 g/mol. The van der Waals surface area contributed by atoms with Crippen LogP contribution in [0.15, 0.2) is 40.4 Å². The number of carbonyl (C=O) groups excluding carboxylic acids is 3. The van der Waals surface area contributed by atoms with E-state index in [2.05, 4.69) is 0 Å². The molecule has 0 saturated heterocycles. The van der Waals surface area contributed by atoms with Crippen molar-refractivity contribution in [1.29, 1.82) is 0 Å². The number of hydrogen-bond acceptors (Lipinski definition) is 8. The Morgan fingerprint density at radius 2 is 1.95 bits per heavy atom. The Labute approximate surface area is 224 Å². The van der Waals surface area contributed by atoms with E-state index < -0.39 is 69.9 Å². The van der Waals surface area contributed by atoms with Crippen LogP contribution in [-0.4, -0.2) is 57.8 Å². The molecular weight excluding hydrogens is 519 g/mol. The number of aliphatic hydroxyl groups excluding tert-OH is 2. The molecule has 206 valence electrons. The first-order valence-electron chi connectivity index (χ1n) is 12.8. The molecule has 38 heavy (non-hydrogen) atoms. The molecule has 0 bridgehead atoms. The normalized spacial score (nSPS) is 43.5. The van der Waals surface area contributed by atoms with E-state index in [4.69, 9.17) is 25.5 Å². The molecule has 4 aliphatic rings. The zero-order valence-electron chi connectivity index (χ0n) is 21.7. The summed E-state index contributed by atoms with van der Waals surface area (Å²) >= 11 is 7.38. The second-order valence-corrected chi connectivity index (χ2v) is 12.2. The van der Waals surface area contributed by atoms with Crippen LogP contribution in [0.25, 0.3) is 0 Å². The third-order valence-corrected chi connectivity index (χ3v) is 10.9. The van der Waals surface area contributed by atoms with Crippen LogP contribution < -0.4 is 0 Å². The van der Waals surface area contributed by atoms with Gasteiger partial charge >= 0.3 is 11.9 Å². The molecule has 5 rings (SSSR count). The van der Waals surface area contributed by atoms with Gasteiger partial charge in [-0.2, -0.15) is 0 Å². The number of alkyl halides is 2. The highest BCUT2D eigenvalue weighted by Gasteiger charge is 2.78. The minimum atomic E-state index is -1.82. The average Bonchev–Trinajstić information content (AvgIpc) is 3.44. The third kappa shape index (κ3) is 3.24. The summed E-state index contributed by atoms with van der Waals surface area (Å²) in [6.45, 7) is 4.84. The first kappa shape index (κ1) is 27.1. The maximum Gasteiger partial charge on any atom is 0.375 e. The molecule has 9 atom stereocenters. The van der Waals surface area contributed by atoms with E-state index in [1.807, 2.05) is 0 Å². The number of halogens is 2. The van der Waals surface area contributed by atoms with Gasteiger partial charge < -0.3 is 24.1 Å². The number of rotatable bonds is 4. The molecule has 0 aliphatic heterocycles. The first-order chi connectivity index (χ1) is 17.8. The standard InChI is InChI=1S/C28H32ClFO8/c1-14-9-17-18-11-20(30)19-10-15(32)7-8-25(19,2)27(18,29)22(33)12-26(17,3)28(14,24(35)36-4)38-23(34)21-6-5-16(13-31)37-21/h5-8,10,14,17-18,20,22,31,33H,9,11-13H2,1-4H3/t14-,17?,18?,20+,22+,25+,26+,27+,28+/m1/s1. The van der Waals surface area contributed by atoms with Crippen molar-refractivity contribution >= 4 is 29.3 Å². The van der Waals surface area contributed by atoms with Crippen LogP contribution in [0.5, 0.6) is 0 Å². The SMILES string of the molecule is COC(=O)[C@@]1(OC(=O)c2ccc(CO)o2)[C@H](C)CC2C3C[C@H](F)C4=CC(=O)C=C[C@]4(C)[C@@]3(Cl)[C@@H](O)C[C@@]21C. The van der Waals surface area contributed by atoms with Crippen LogP contribution in [-0.2, 0) is 25.7 Å². The van der Waals surface area contributed by atoms with Crippen molar-refractivity contribution in [1.82, 2.24) is 0 Å². The molecule has 2 N–H and O–H groups in total. The fraction of sp³-hybridized carbons (Fsp3) is 0.607. The van der Waals surface area contributed by atoms with Crippen molar-refractivity contribution in [2.45, 2.75) is 69.4 Å². The van der Waals surface area contributed by atoms with Gasteiger partial charge in [0.1, 0.15) is 18.5 Å². The Kier molecular flexibility index (Phi) is 6.25. The lowest BCUT2D eigenvalue weighted by Crippen LogP contribution is -2.70. The zero-order chi connectivity index (χ0) is 27.8. The summed E-state index contributed by atoms with van der Waals surface area (Å²) in [5.41, 5.74) is -3.89. The van der Waals surface area contributed by atoms with Crippen molar-refractivity contribution in [3.8, 4) is 0 Å². The van der Waals surface area contributed by atoms with Crippen molar-refractivity contribution < 1.29 is 42.9 Å². The number of hydrogen-bond donors (Lipinski definition) is 2. The average molecular weight is 551 g/mol. The Morgan fingerprint density at radius 1 is 1.24 bits per heavy atom. The Morgan fingerprint density at radius 3 is 2.58 bits per heavy atom. The van der Waals surface area contributed by atoms with Crippen molar-refractivity contribution in [2.75, 3.05) is 7.11 Å². The lowest BCUT2D eigenvalue weighted by atomic mass is 9.45. The van der Waals surface area contributed by atoms with Gasteiger partial charge in [-0.05, 0) is 61.0 Å². The quantitative estimate of drug-likeness (QED) is 0.430. The number of carbonyl (C=O) groups is 3. The van der Waals surface area contributed by atoms with E-state index in [0.717, 1.165) is 0 Å². The predicted molar refractivity (Wildman–Crippen MR) is 133 cm³/mol. The Bertz CT molecular complexity index is 1260. The van der Waals surface area contributed by atoms with Crippen LogP contribution in [0.2, 0.25) is 0 Å². The number of esters is 2. The Balaban J connectivity index is 1.61. The van der Waals surface area contributed by atoms with Crippen molar-refractivity contribution in [2.24, 2.45) is 28.6 Å². The zero-order valence-corrected chi connectivity index (χ0v) is 22.5. The number of fused-ring (bicyclic) bond motifs is 5. The number of ether oxygens (including phenoxy) is 2. The van der Waals surface area contributed by atoms with Gasteiger partial charge in [0.15, 0.2) is 5.78 Å². The molecule has 8 nitrogen and oxygen atoms in total. The number of furan rings is 1. The lowest BCUT2D eigenvalue weighted by molar-refractivity contribution is -0.199. The molecule has 3 saturated carbocycles.